The van der Waals surface area contributed by atoms with Crippen molar-refractivity contribution in [3.8, 4) is 22.4 Å². The van der Waals surface area contributed by atoms with E-state index in [1.54, 1.807) is 23.9 Å². The number of rotatable bonds is 19. The first kappa shape index (κ1) is 49.9. The lowest BCUT2D eigenvalue weighted by molar-refractivity contribution is 0.0696. The van der Waals surface area contributed by atoms with Crippen molar-refractivity contribution in [3.05, 3.63) is 138 Å². The number of carboxylic acid groups (broad SMARTS) is 1. The molecule has 1 aromatic heterocycles. The molecule has 3 heterocycles. The summed E-state index contributed by atoms with van der Waals surface area (Å²) < 4.78 is 57.5. The molecule has 0 unspecified atom stereocenters. The average molecular weight is 1010 g/mol. The number of nitrogens with zero attached hydrogens (tertiary/aromatic N) is 4. The van der Waals surface area contributed by atoms with Crippen LogP contribution in [-0.2, 0) is 27.3 Å². The number of nitrogens with one attached hydrogen (secondary N) is 2. The monoisotopic (exact) mass is 1010 g/mol. The van der Waals surface area contributed by atoms with E-state index in [1.165, 1.54) is 18.2 Å². The topological polar surface area (TPSA) is 165 Å². The first-order valence-corrected chi connectivity index (χ1v) is 27.4. The van der Waals surface area contributed by atoms with Crippen molar-refractivity contribution in [2.75, 3.05) is 71.4 Å². The third kappa shape index (κ3) is 12.1. The van der Waals surface area contributed by atoms with E-state index in [0.29, 0.717) is 66.1 Å². The lowest BCUT2D eigenvalue weighted by Gasteiger charge is -2.37. The molecule has 13 nitrogen and oxygen atoms in total. The second-order valence-corrected chi connectivity index (χ2v) is 21.8. The Morgan fingerprint density at radius 2 is 1.49 bits per heavy atom. The number of carbonyl (C=O) groups is 1. The number of benzene rings is 5. The Labute approximate surface area is 416 Å². The number of likely N-dealkylation sites (tertiary alicyclic amines) is 1. The Bertz CT molecular complexity index is 2910. The second-order valence-electron chi connectivity index (χ2n) is 17.6. The highest BCUT2D eigenvalue weighted by atomic mass is 35.5. The fraction of sp³-hybridized carbons (Fsp3) is 0.327. The molecule has 0 radical (unpaired) electrons. The first-order valence-electron chi connectivity index (χ1n) is 23.4. The van der Waals surface area contributed by atoms with E-state index < -0.39 is 26.7 Å². The number of carboxylic acids is 1. The first-order chi connectivity index (χ1) is 33.3. The number of thioether (sulfide) groups is 1. The predicted octanol–water partition coefficient (Wildman–Crippen LogP) is 9.41. The van der Waals surface area contributed by atoms with E-state index in [4.69, 9.17) is 11.6 Å². The number of aliphatic hydroxyl groups excluding tert-OH is 1. The van der Waals surface area contributed by atoms with Gasteiger partial charge in [0.05, 0.1) is 32.8 Å². The van der Waals surface area contributed by atoms with Crippen LogP contribution in [-0.4, -0.2) is 106 Å². The SMILES string of the molecule is CCCn1c(C)c(C(=O)O)c(-c2cccc(N3CCN(c4ccc(NS(=O)(=O)c5ccc(N[C@H](CCN6CCC(O)CC6)CSc6ccccc6)c([SH](=O)=O)c5)cc4)CC3)c2)c1-c1ccc(Cl)cc1. The molecule has 2 aliphatic rings. The van der Waals surface area contributed by atoms with Gasteiger partial charge in [0.1, 0.15) is 0 Å². The number of aromatic nitrogens is 1. The van der Waals surface area contributed by atoms with Gasteiger partial charge in [-0.25, -0.2) is 21.6 Å². The van der Waals surface area contributed by atoms with Crippen LogP contribution in [0.5, 0.6) is 0 Å². The molecule has 0 spiro atoms. The number of aromatic carboxylic acids is 1. The van der Waals surface area contributed by atoms with Gasteiger partial charge in [0.25, 0.3) is 10.0 Å². The summed E-state index contributed by atoms with van der Waals surface area (Å²) in [6.07, 6.45) is 2.75. The van der Waals surface area contributed by atoms with Gasteiger partial charge in [0, 0.05) is 102 Å². The number of piperidine rings is 1. The molecular weight excluding hydrogens is 952 g/mol. The molecule has 5 aromatic carbocycles. The molecule has 364 valence electrons. The highest BCUT2D eigenvalue weighted by Crippen LogP contribution is 2.41. The molecule has 6 aromatic rings. The summed E-state index contributed by atoms with van der Waals surface area (Å²) in [7, 11) is -7.30. The van der Waals surface area contributed by atoms with Crippen molar-refractivity contribution < 1.29 is 31.8 Å². The van der Waals surface area contributed by atoms with E-state index in [0.717, 1.165) is 78.4 Å². The quantitative estimate of drug-likeness (QED) is 0.0387. The van der Waals surface area contributed by atoms with Crippen molar-refractivity contribution in [3.63, 3.8) is 0 Å². The average Bonchev–Trinajstić information content (AvgIpc) is 3.65. The Hall–Kier alpha value is -5.49. The summed E-state index contributed by atoms with van der Waals surface area (Å²) in [6.45, 7) is 9.80. The lowest BCUT2D eigenvalue weighted by Crippen LogP contribution is -2.46. The van der Waals surface area contributed by atoms with Gasteiger partial charge in [0.15, 0.2) is 10.7 Å². The number of piperazine rings is 1. The molecule has 4 N–H and O–H groups in total. The number of thiol groups is 1. The van der Waals surface area contributed by atoms with E-state index in [1.807, 2.05) is 85.8 Å². The van der Waals surface area contributed by atoms with Crippen LogP contribution >= 0.6 is 23.4 Å². The second kappa shape index (κ2) is 22.5. The van der Waals surface area contributed by atoms with Gasteiger partial charge in [-0.1, -0.05) is 61.0 Å². The minimum Gasteiger partial charge on any atom is -0.478 e. The fourth-order valence-corrected chi connectivity index (χ4v) is 12.2. The minimum atomic E-state index is -4.16. The van der Waals surface area contributed by atoms with E-state index in [2.05, 4.69) is 48.4 Å². The van der Waals surface area contributed by atoms with Gasteiger partial charge < -0.3 is 34.8 Å². The van der Waals surface area contributed by atoms with Gasteiger partial charge in [0.2, 0.25) is 0 Å². The standard InChI is InChI=1S/C52H59ClN6O7S3/c1-3-25-59-36(2)49(52(61)62)50(51(59)37-12-14-39(53)15-13-37)38-8-7-9-43(33-38)58-31-29-57(30-32-58)42-18-16-40(17-19-42)55-69(65,66)46-20-21-47(48(34-46)68(63)64)54-41(35-67-45-10-5-4-6-11-45)22-26-56-27-23-44(60)24-28-56/h4-21,33-34,41,44,54-55,60,68H,3,22-32,35H2,1-2H3,(H,61,62)/t41-/m1/s1. The summed E-state index contributed by atoms with van der Waals surface area (Å²) >= 11 is 7.93. The molecule has 0 aliphatic carbocycles. The third-order valence-corrected chi connectivity index (χ3v) is 16.5. The van der Waals surface area contributed by atoms with Crippen LogP contribution in [0.1, 0.15) is 48.7 Å². The zero-order chi connectivity index (χ0) is 48.7. The highest BCUT2D eigenvalue weighted by molar-refractivity contribution is 7.99. The fourth-order valence-electron chi connectivity index (χ4n) is 9.29. The van der Waals surface area contributed by atoms with Crippen LogP contribution in [0.2, 0.25) is 5.02 Å². The number of halogens is 1. The molecule has 0 saturated carbocycles. The number of hydrogen-bond donors (Lipinski definition) is 5. The summed E-state index contributed by atoms with van der Waals surface area (Å²) in [5, 5.41) is 24.5. The van der Waals surface area contributed by atoms with Gasteiger partial charge in [-0.2, -0.15) is 0 Å². The van der Waals surface area contributed by atoms with Crippen LogP contribution in [0.25, 0.3) is 22.4 Å². The molecule has 2 saturated heterocycles. The zero-order valence-corrected chi connectivity index (χ0v) is 42.0. The van der Waals surface area contributed by atoms with Crippen molar-refractivity contribution in [2.45, 2.75) is 72.9 Å². The largest absolute Gasteiger partial charge is 0.478 e. The normalized spacial score (nSPS) is 15.4. The summed E-state index contributed by atoms with van der Waals surface area (Å²) in [6, 6.07) is 36.8. The Morgan fingerprint density at radius 3 is 2.14 bits per heavy atom. The van der Waals surface area contributed by atoms with Crippen LogP contribution in [0.4, 0.5) is 22.7 Å². The maximum absolute atomic E-state index is 13.7. The number of anilines is 4. The number of hydrogen-bond acceptors (Lipinski definition) is 11. The molecule has 1 atom stereocenters. The lowest BCUT2D eigenvalue weighted by atomic mass is 9.96. The van der Waals surface area contributed by atoms with Gasteiger partial charge >= 0.3 is 5.97 Å². The summed E-state index contributed by atoms with van der Waals surface area (Å²) in [5.41, 5.74) is 6.85. The maximum atomic E-state index is 13.7. The van der Waals surface area contributed by atoms with E-state index in [-0.39, 0.29) is 27.5 Å². The molecule has 2 fully saturated rings. The van der Waals surface area contributed by atoms with Crippen LogP contribution in [0.3, 0.4) is 0 Å². The van der Waals surface area contributed by atoms with Crippen molar-refractivity contribution >= 4 is 72.8 Å². The van der Waals surface area contributed by atoms with Gasteiger partial charge in [-0.15, -0.1) is 11.8 Å². The van der Waals surface area contributed by atoms with Crippen molar-refractivity contribution in [1.82, 2.24) is 9.47 Å². The van der Waals surface area contributed by atoms with E-state index in [9.17, 15) is 31.8 Å². The highest BCUT2D eigenvalue weighted by Gasteiger charge is 2.28. The van der Waals surface area contributed by atoms with Gasteiger partial charge in [-0.3, -0.25) is 4.72 Å². The number of aliphatic hydroxyl groups is 1. The molecule has 2 aliphatic heterocycles. The third-order valence-electron chi connectivity index (χ3n) is 12.9. The smallest absolute Gasteiger partial charge is 0.338 e. The van der Waals surface area contributed by atoms with Crippen molar-refractivity contribution in [1.29, 1.82) is 0 Å². The Kier molecular flexibility index (Phi) is 16.3. The summed E-state index contributed by atoms with van der Waals surface area (Å²) in [4.78, 5) is 20.5. The van der Waals surface area contributed by atoms with Crippen LogP contribution in [0.15, 0.2) is 136 Å². The van der Waals surface area contributed by atoms with Crippen LogP contribution in [0, 0.1) is 6.92 Å². The van der Waals surface area contributed by atoms with Crippen molar-refractivity contribution in [2.24, 2.45) is 0 Å². The molecule has 0 bridgehead atoms. The van der Waals surface area contributed by atoms with E-state index >= 15 is 0 Å². The maximum Gasteiger partial charge on any atom is 0.338 e. The van der Waals surface area contributed by atoms with Crippen LogP contribution < -0.4 is 19.8 Å². The van der Waals surface area contributed by atoms with Gasteiger partial charge in [-0.05, 0) is 123 Å². The Balaban J connectivity index is 0.926. The summed E-state index contributed by atoms with van der Waals surface area (Å²) in [5.74, 6) is -0.310. The minimum absolute atomic E-state index is 0.0984. The predicted molar refractivity (Wildman–Crippen MR) is 280 cm³/mol. The Morgan fingerprint density at radius 1 is 0.812 bits per heavy atom. The molecular formula is C52H59ClN6O7S3. The molecule has 0 amide bonds. The molecule has 17 heteroatoms. The molecule has 8 rings (SSSR count). The molecule has 69 heavy (non-hydrogen) atoms. The number of sulfonamides is 1. The zero-order valence-electron chi connectivity index (χ0n) is 38.8.